The summed E-state index contributed by atoms with van der Waals surface area (Å²) in [5.74, 6) is 1.73. The molecular formula is C27H19O+. The molecule has 0 atom stereocenters. The van der Waals surface area contributed by atoms with Crippen molar-refractivity contribution < 1.29 is 4.42 Å². The van der Waals surface area contributed by atoms with Crippen molar-refractivity contribution in [3.8, 4) is 33.8 Å². The lowest BCUT2D eigenvalue weighted by Gasteiger charge is -2.03. The molecular weight excluding hydrogens is 340 g/mol. The highest BCUT2D eigenvalue weighted by Gasteiger charge is 2.20. The minimum Gasteiger partial charge on any atom is -0.207 e. The summed E-state index contributed by atoms with van der Waals surface area (Å²) in [5.41, 5.74) is 4.47. The van der Waals surface area contributed by atoms with E-state index in [2.05, 4.69) is 91.0 Å². The normalized spacial score (nSPS) is 10.9. The van der Waals surface area contributed by atoms with Crippen molar-refractivity contribution in [3.63, 3.8) is 0 Å². The molecule has 1 nitrogen and oxygen atoms in total. The van der Waals surface area contributed by atoms with Crippen LogP contribution in [0.4, 0.5) is 0 Å². The fraction of sp³-hybridized carbons (Fsp3) is 0. The second-order valence-corrected chi connectivity index (χ2v) is 6.87. The predicted octanol–water partition coefficient (Wildman–Crippen LogP) is 7.71. The quantitative estimate of drug-likeness (QED) is 0.300. The van der Waals surface area contributed by atoms with Crippen molar-refractivity contribution in [2.75, 3.05) is 0 Å². The largest absolute Gasteiger partial charge is 0.361 e. The van der Waals surface area contributed by atoms with Crippen molar-refractivity contribution in [2.24, 2.45) is 0 Å². The van der Waals surface area contributed by atoms with E-state index in [4.69, 9.17) is 4.42 Å². The molecule has 0 saturated carbocycles. The van der Waals surface area contributed by atoms with Crippen molar-refractivity contribution in [3.05, 3.63) is 115 Å². The van der Waals surface area contributed by atoms with E-state index in [0.717, 1.165) is 28.2 Å². The molecule has 0 bridgehead atoms. The Morgan fingerprint density at radius 2 is 0.929 bits per heavy atom. The summed E-state index contributed by atoms with van der Waals surface area (Å²) < 4.78 is 6.36. The molecule has 5 rings (SSSR count). The van der Waals surface area contributed by atoms with Gasteiger partial charge in [0.1, 0.15) is 0 Å². The van der Waals surface area contributed by atoms with Gasteiger partial charge in [0.25, 0.3) is 0 Å². The van der Waals surface area contributed by atoms with E-state index >= 15 is 0 Å². The molecule has 0 saturated heterocycles. The molecule has 1 aromatic heterocycles. The van der Waals surface area contributed by atoms with Gasteiger partial charge in [0.15, 0.2) is 0 Å². The molecule has 0 aliphatic carbocycles. The molecule has 132 valence electrons. The highest BCUT2D eigenvalue weighted by atomic mass is 16.3. The van der Waals surface area contributed by atoms with Crippen molar-refractivity contribution in [1.82, 2.24) is 0 Å². The Hall–Kier alpha value is -3.71. The van der Waals surface area contributed by atoms with Gasteiger partial charge < -0.3 is 0 Å². The molecule has 0 unspecified atom stereocenters. The predicted molar refractivity (Wildman–Crippen MR) is 117 cm³/mol. The van der Waals surface area contributed by atoms with Crippen LogP contribution >= 0.6 is 0 Å². The minimum absolute atomic E-state index is 0.866. The number of hydrogen-bond acceptors (Lipinski definition) is 0. The SMILES string of the molecule is c1ccc(-c2cc(-c3ccccc3)[o+]c(-c3ccc4ccccc4c3)c2)cc1. The lowest BCUT2D eigenvalue weighted by molar-refractivity contribution is 0.582. The highest BCUT2D eigenvalue weighted by molar-refractivity contribution is 5.87. The summed E-state index contributed by atoms with van der Waals surface area (Å²) in [6, 6.07) is 39.8. The molecule has 1 heteroatoms. The van der Waals surface area contributed by atoms with Crippen LogP contribution in [0.3, 0.4) is 0 Å². The summed E-state index contributed by atoms with van der Waals surface area (Å²) >= 11 is 0. The van der Waals surface area contributed by atoms with E-state index in [1.807, 2.05) is 24.3 Å². The van der Waals surface area contributed by atoms with E-state index in [1.165, 1.54) is 16.3 Å². The van der Waals surface area contributed by atoms with Gasteiger partial charge in [-0.2, -0.15) is 0 Å². The fourth-order valence-corrected chi connectivity index (χ4v) is 3.53. The first-order valence-electron chi connectivity index (χ1n) is 9.45. The zero-order valence-corrected chi connectivity index (χ0v) is 15.4. The minimum atomic E-state index is 0.866. The number of fused-ring (bicyclic) bond motifs is 1. The third-order valence-electron chi connectivity index (χ3n) is 4.99. The second-order valence-electron chi connectivity index (χ2n) is 6.87. The molecule has 0 spiro atoms. The van der Waals surface area contributed by atoms with E-state index in [9.17, 15) is 0 Å². The molecule has 5 aromatic rings. The van der Waals surface area contributed by atoms with E-state index < -0.39 is 0 Å². The van der Waals surface area contributed by atoms with Crippen LogP contribution in [0.1, 0.15) is 0 Å². The summed E-state index contributed by atoms with van der Waals surface area (Å²) in [5, 5.41) is 2.44. The third-order valence-corrected chi connectivity index (χ3v) is 4.99. The van der Waals surface area contributed by atoms with Gasteiger partial charge in [0, 0.05) is 5.56 Å². The third kappa shape index (κ3) is 3.19. The van der Waals surface area contributed by atoms with Crippen LogP contribution in [0.25, 0.3) is 44.5 Å². The van der Waals surface area contributed by atoms with Gasteiger partial charge in [-0.1, -0.05) is 78.9 Å². The summed E-state index contributed by atoms with van der Waals surface area (Å²) in [4.78, 5) is 0. The monoisotopic (exact) mass is 359 g/mol. The molecule has 0 N–H and O–H groups in total. The first kappa shape index (κ1) is 16.5. The Balaban J connectivity index is 1.72. The van der Waals surface area contributed by atoms with Gasteiger partial charge in [-0.25, -0.2) is 4.42 Å². The maximum absolute atomic E-state index is 6.36. The highest BCUT2D eigenvalue weighted by Crippen LogP contribution is 2.33. The van der Waals surface area contributed by atoms with Crippen LogP contribution in [0.5, 0.6) is 0 Å². The zero-order chi connectivity index (χ0) is 18.8. The van der Waals surface area contributed by atoms with Crippen LogP contribution in [0.2, 0.25) is 0 Å². The molecule has 0 radical (unpaired) electrons. The van der Waals surface area contributed by atoms with Crippen molar-refractivity contribution >= 4 is 10.8 Å². The van der Waals surface area contributed by atoms with E-state index in [1.54, 1.807) is 0 Å². The Morgan fingerprint density at radius 3 is 1.64 bits per heavy atom. The molecule has 0 aliphatic rings. The Bertz CT molecular complexity index is 1180. The van der Waals surface area contributed by atoms with E-state index in [0.29, 0.717) is 0 Å². The summed E-state index contributed by atoms with van der Waals surface area (Å²) in [6.45, 7) is 0. The van der Waals surface area contributed by atoms with Crippen molar-refractivity contribution in [1.29, 1.82) is 0 Å². The van der Waals surface area contributed by atoms with Crippen LogP contribution < -0.4 is 0 Å². The van der Waals surface area contributed by atoms with Gasteiger partial charge in [-0.05, 0) is 40.6 Å². The average Bonchev–Trinajstić information content (AvgIpc) is 2.79. The Morgan fingerprint density at radius 1 is 0.357 bits per heavy atom. The van der Waals surface area contributed by atoms with Crippen LogP contribution in [0, 0.1) is 0 Å². The van der Waals surface area contributed by atoms with Crippen LogP contribution in [-0.4, -0.2) is 0 Å². The van der Waals surface area contributed by atoms with Crippen LogP contribution in [-0.2, 0) is 0 Å². The smallest absolute Gasteiger partial charge is 0.207 e. The lowest BCUT2D eigenvalue weighted by atomic mass is 10.0. The second kappa shape index (κ2) is 7.13. The summed E-state index contributed by atoms with van der Waals surface area (Å²) in [7, 11) is 0. The fourth-order valence-electron chi connectivity index (χ4n) is 3.53. The lowest BCUT2D eigenvalue weighted by Crippen LogP contribution is -1.86. The van der Waals surface area contributed by atoms with Crippen molar-refractivity contribution in [2.45, 2.75) is 0 Å². The molecule has 1 heterocycles. The van der Waals surface area contributed by atoms with E-state index in [-0.39, 0.29) is 0 Å². The molecule has 0 amide bonds. The Labute approximate surface area is 164 Å². The number of rotatable bonds is 3. The molecule has 4 aromatic carbocycles. The van der Waals surface area contributed by atoms with Gasteiger partial charge in [0.2, 0.25) is 0 Å². The first-order valence-corrected chi connectivity index (χ1v) is 9.45. The van der Waals surface area contributed by atoms with Gasteiger partial charge in [0.05, 0.1) is 23.3 Å². The van der Waals surface area contributed by atoms with Crippen LogP contribution in [0.15, 0.2) is 120 Å². The number of hydrogen-bond donors (Lipinski definition) is 0. The van der Waals surface area contributed by atoms with Gasteiger partial charge in [-0.15, -0.1) is 0 Å². The van der Waals surface area contributed by atoms with Gasteiger partial charge >= 0.3 is 11.5 Å². The Kier molecular flexibility index (Phi) is 4.19. The summed E-state index contributed by atoms with van der Waals surface area (Å²) in [6.07, 6.45) is 0. The standard InChI is InChI=1S/C27H19O/c1-3-9-20(10-4-1)25-18-26(22-12-5-2-6-13-22)28-27(19-25)24-16-15-21-11-7-8-14-23(21)17-24/h1-19H/q+1. The first-order chi connectivity index (χ1) is 13.9. The average molecular weight is 359 g/mol. The number of benzene rings is 4. The maximum atomic E-state index is 6.36. The zero-order valence-electron chi connectivity index (χ0n) is 15.4. The molecule has 0 fully saturated rings. The maximum Gasteiger partial charge on any atom is 0.361 e. The topological polar surface area (TPSA) is 11.3 Å². The molecule has 28 heavy (non-hydrogen) atoms. The van der Waals surface area contributed by atoms with Gasteiger partial charge in [-0.3, -0.25) is 0 Å². The molecule has 0 aliphatic heterocycles.